The number of nitrogens with one attached hydrogen (secondary N) is 1. The molecular formula is C27H24BrNO7. The smallest absolute Gasteiger partial charge is 0.310 e. The van der Waals surface area contributed by atoms with Crippen molar-refractivity contribution in [1.29, 1.82) is 0 Å². The van der Waals surface area contributed by atoms with Crippen molar-refractivity contribution in [3.8, 4) is 28.7 Å². The molecule has 2 N–H and O–H groups in total. The van der Waals surface area contributed by atoms with Crippen molar-refractivity contribution >= 4 is 27.6 Å². The van der Waals surface area contributed by atoms with E-state index in [1.54, 1.807) is 12.1 Å². The second-order valence-corrected chi connectivity index (χ2v) is 9.95. The third-order valence-electron chi connectivity index (χ3n) is 7.20. The Morgan fingerprint density at radius 2 is 1.67 bits per heavy atom. The van der Waals surface area contributed by atoms with Crippen molar-refractivity contribution in [3.05, 3.63) is 69.7 Å². The van der Waals surface area contributed by atoms with Crippen LogP contribution >= 0.6 is 15.9 Å². The predicted molar refractivity (Wildman–Crippen MR) is 134 cm³/mol. The highest BCUT2D eigenvalue weighted by atomic mass is 79.9. The van der Waals surface area contributed by atoms with E-state index in [0.717, 1.165) is 26.9 Å². The molecule has 0 spiro atoms. The molecule has 0 radical (unpaired) electrons. The van der Waals surface area contributed by atoms with E-state index in [1.807, 2.05) is 36.4 Å². The average molecular weight is 554 g/mol. The number of ether oxygens (including phenoxy) is 5. The van der Waals surface area contributed by atoms with Gasteiger partial charge in [-0.3, -0.25) is 4.79 Å². The fourth-order valence-corrected chi connectivity index (χ4v) is 6.00. The normalized spacial score (nSPS) is 23.5. The largest absolute Gasteiger partial charge is 0.502 e. The third kappa shape index (κ3) is 3.61. The number of phenolic OH excluding ortho intramolecular Hbond substituents is 1. The summed E-state index contributed by atoms with van der Waals surface area (Å²) in [7, 11) is 2.96. The molecule has 36 heavy (non-hydrogen) atoms. The Morgan fingerprint density at radius 3 is 2.33 bits per heavy atom. The van der Waals surface area contributed by atoms with Crippen molar-refractivity contribution in [2.45, 2.75) is 12.0 Å². The molecule has 6 rings (SSSR count). The standard InChI is InChI=1S/C27H24BrNO7/c1-32-21-6-13(7-22(33-2)26(21)30)23-16-9-19-20(36-12-35-19)10-17(16)25(18-11-34-27(31)24(18)23)29-15-5-3-4-14(28)8-15/h3-10,18,23-25,29-30H,11-12H2,1-2H3/t18-,23+,24-,25+/m0/s1. The van der Waals surface area contributed by atoms with Gasteiger partial charge in [-0.2, -0.15) is 0 Å². The molecule has 3 aliphatic rings. The number of rotatable bonds is 5. The number of hydrogen-bond acceptors (Lipinski definition) is 8. The zero-order chi connectivity index (χ0) is 25.0. The second-order valence-electron chi connectivity index (χ2n) is 9.04. The fraction of sp³-hybridized carbons (Fsp3) is 0.296. The maximum atomic E-state index is 13.2. The molecule has 3 aromatic carbocycles. The van der Waals surface area contributed by atoms with Crippen molar-refractivity contribution in [2.24, 2.45) is 11.8 Å². The van der Waals surface area contributed by atoms with E-state index in [1.165, 1.54) is 14.2 Å². The van der Waals surface area contributed by atoms with E-state index in [2.05, 4.69) is 21.2 Å². The highest BCUT2D eigenvalue weighted by Crippen LogP contribution is 2.56. The summed E-state index contributed by atoms with van der Waals surface area (Å²) in [6, 6.07) is 15.2. The molecular weight excluding hydrogens is 530 g/mol. The number of carbonyl (C=O) groups is 1. The Bertz CT molecular complexity index is 1330. The summed E-state index contributed by atoms with van der Waals surface area (Å²) < 4.78 is 28.9. The zero-order valence-corrected chi connectivity index (χ0v) is 21.2. The molecule has 0 saturated carbocycles. The van der Waals surface area contributed by atoms with Gasteiger partial charge in [0, 0.05) is 22.0 Å². The summed E-state index contributed by atoms with van der Waals surface area (Å²) in [5, 5.41) is 14.1. The van der Waals surface area contributed by atoms with Crippen LogP contribution in [-0.4, -0.2) is 38.7 Å². The maximum Gasteiger partial charge on any atom is 0.310 e. The predicted octanol–water partition coefficient (Wildman–Crippen LogP) is 4.99. The molecule has 4 atom stereocenters. The van der Waals surface area contributed by atoms with Gasteiger partial charge in [0.05, 0.1) is 32.8 Å². The van der Waals surface area contributed by atoms with Crippen molar-refractivity contribution in [3.63, 3.8) is 0 Å². The molecule has 0 unspecified atom stereocenters. The van der Waals surface area contributed by atoms with Gasteiger partial charge in [-0.1, -0.05) is 22.0 Å². The third-order valence-corrected chi connectivity index (χ3v) is 7.69. The van der Waals surface area contributed by atoms with Crippen LogP contribution in [0, 0.1) is 11.8 Å². The summed E-state index contributed by atoms with van der Waals surface area (Å²) >= 11 is 3.54. The summed E-state index contributed by atoms with van der Waals surface area (Å²) in [4.78, 5) is 13.2. The first-order valence-corrected chi connectivity index (χ1v) is 12.3. The van der Waals surface area contributed by atoms with Gasteiger partial charge in [0.15, 0.2) is 23.0 Å². The van der Waals surface area contributed by atoms with E-state index in [-0.39, 0.29) is 54.5 Å². The van der Waals surface area contributed by atoms with Gasteiger partial charge in [-0.05, 0) is 59.2 Å². The number of carbonyl (C=O) groups excluding carboxylic acids is 1. The van der Waals surface area contributed by atoms with Crippen LogP contribution < -0.4 is 24.3 Å². The average Bonchev–Trinajstić information content (AvgIpc) is 3.49. The SMILES string of the molecule is COc1cc([C@@H]2c3cc4c(cc3[C@@H](Nc3cccc(Br)c3)[C@H]3COC(=O)[C@H]23)OCO4)cc(OC)c1O. The molecule has 1 saturated heterocycles. The van der Waals surface area contributed by atoms with Gasteiger partial charge in [-0.25, -0.2) is 0 Å². The van der Waals surface area contributed by atoms with Gasteiger partial charge in [0.2, 0.25) is 12.5 Å². The van der Waals surface area contributed by atoms with Crippen LogP contribution in [0.25, 0.3) is 0 Å². The minimum Gasteiger partial charge on any atom is -0.502 e. The maximum absolute atomic E-state index is 13.2. The molecule has 2 heterocycles. The quantitative estimate of drug-likeness (QED) is 0.427. The lowest BCUT2D eigenvalue weighted by Gasteiger charge is -2.40. The van der Waals surface area contributed by atoms with Crippen LogP contribution in [0.3, 0.4) is 0 Å². The number of cyclic esters (lactones) is 1. The van der Waals surface area contributed by atoms with Gasteiger partial charge < -0.3 is 34.1 Å². The minimum atomic E-state index is -0.471. The summed E-state index contributed by atoms with van der Waals surface area (Å²) in [6.07, 6.45) is 0. The number of esters is 1. The van der Waals surface area contributed by atoms with E-state index in [0.29, 0.717) is 11.5 Å². The Morgan fingerprint density at radius 1 is 0.972 bits per heavy atom. The summed E-state index contributed by atoms with van der Waals surface area (Å²) in [5.74, 6) is 0.471. The van der Waals surface area contributed by atoms with Gasteiger partial charge >= 0.3 is 5.97 Å². The fourth-order valence-electron chi connectivity index (χ4n) is 5.60. The molecule has 8 nitrogen and oxygen atoms in total. The first-order chi connectivity index (χ1) is 17.5. The highest BCUT2D eigenvalue weighted by Gasteiger charge is 2.52. The van der Waals surface area contributed by atoms with Crippen LogP contribution in [0.15, 0.2) is 53.0 Å². The lowest BCUT2D eigenvalue weighted by molar-refractivity contribution is -0.141. The number of fused-ring (bicyclic) bond motifs is 3. The number of hydrogen-bond donors (Lipinski definition) is 2. The van der Waals surface area contributed by atoms with Crippen molar-refractivity contribution in [2.75, 3.05) is 32.9 Å². The van der Waals surface area contributed by atoms with E-state index >= 15 is 0 Å². The van der Waals surface area contributed by atoms with Crippen molar-refractivity contribution in [1.82, 2.24) is 0 Å². The number of methoxy groups -OCH3 is 2. The number of benzene rings is 3. The Balaban J connectivity index is 1.55. The number of halogens is 1. The van der Waals surface area contributed by atoms with Gasteiger partial charge in [-0.15, -0.1) is 0 Å². The minimum absolute atomic E-state index is 0.0924. The molecule has 9 heteroatoms. The lowest BCUT2D eigenvalue weighted by Crippen LogP contribution is -2.37. The molecule has 1 aliphatic carbocycles. The van der Waals surface area contributed by atoms with E-state index in [4.69, 9.17) is 23.7 Å². The molecule has 0 aromatic heterocycles. The van der Waals surface area contributed by atoms with Gasteiger partial charge in [0.25, 0.3) is 0 Å². The second kappa shape index (κ2) is 8.81. The Hall–Kier alpha value is -3.59. The van der Waals surface area contributed by atoms with E-state index < -0.39 is 5.92 Å². The molecule has 0 bridgehead atoms. The number of phenols is 1. The summed E-state index contributed by atoms with van der Waals surface area (Å²) in [5.41, 5.74) is 3.61. The zero-order valence-electron chi connectivity index (χ0n) is 19.6. The molecule has 2 aliphatic heterocycles. The molecule has 3 aromatic rings. The molecule has 1 fully saturated rings. The highest BCUT2D eigenvalue weighted by molar-refractivity contribution is 9.10. The van der Waals surface area contributed by atoms with Crippen LogP contribution in [0.1, 0.15) is 28.7 Å². The topological polar surface area (TPSA) is 95.5 Å². The first-order valence-electron chi connectivity index (χ1n) is 11.6. The molecule has 0 amide bonds. The Kier molecular flexibility index (Phi) is 5.59. The van der Waals surface area contributed by atoms with Crippen LogP contribution in [0.5, 0.6) is 28.7 Å². The first kappa shape index (κ1) is 22.8. The molecule has 186 valence electrons. The number of aromatic hydroxyl groups is 1. The lowest BCUT2D eigenvalue weighted by atomic mass is 9.65. The Labute approximate surface area is 216 Å². The van der Waals surface area contributed by atoms with Crippen LogP contribution in [-0.2, 0) is 9.53 Å². The van der Waals surface area contributed by atoms with Crippen LogP contribution in [0.2, 0.25) is 0 Å². The monoisotopic (exact) mass is 553 g/mol. The van der Waals surface area contributed by atoms with E-state index in [9.17, 15) is 9.90 Å². The van der Waals surface area contributed by atoms with Crippen LogP contribution in [0.4, 0.5) is 5.69 Å². The number of anilines is 1. The van der Waals surface area contributed by atoms with Crippen molar-refractivity contribution < 1.29 is 33.6 Å². The summed E-state index contributed by atoms with van der Waals surface area (Å²) in [6.45, 7) is 0.425. The van der Waals surface area contributed by atoms with Gasteiger partial charge in [0.1, 0.15) is 0 Å².